The Kier molecular flexibility index (Phi) is 26.1. The molecule has 4 fully saturated rings. The number of hydrazone groups is 1. The number of halogens is 3. The van der Waals surface area contributed by atoms with Gasteiger partial charge in [-0.1, -0.05) is 124 Å². The first kappa shape index (κ1) is 70.1. The number of carbonyl (C=O) groups is 3. The first-order chi connectivity index (χ1) is 42.4. The van der Waals surface area contributed by atoms with Crippen molar-refractivity contribution < 1.29 is 36.3 Å². The van der Waals surface area contributed by atoms with Crippen molar-refractivity contribution >= 4 is 95.0 Å². The van der Waals surface area contributed by atoms with E-state index >= 15 is 0 Å². The number of hydrogen-bond donors (Lipinski definition) is 4. The summed E-state index contributed by atoms with van der Waals surface area (Å²) in [5.41, 5.74) is 7.66. The number of aldehydes is 1. The molecule has 4 aliphatic carbocycles. The van der Waals surface area contributed by atoms with E-state index in [1.54, 1.807) is 101 Å². The van der Waals surface area contributed by atoms with Gasteiger partial charge < -0.3 is 9.51 Å². The summed E-state index contributed by atoms with van der Waals surface area (Å²) in [6, 6.07) is 23.9. The molecular weight excluding hydrogens is 1230 g/mol. The first-order valence-electron chi connectivity index (χ1n) is 30.4. The number of fused-ring (bicyclic) bond motifs is 3. The smallest absolute Gasteiger partial charge is 0.276 e. The zero-order chi connectivity index (χ0) is 64.4. The number of aliphatic hydroxyl groups is 1. The summed E-state index contributed by atoms with van der Waals surface area (Å²) >= 11 is 18.0. The summed E-state index contributed by atoms with van der Waals surface area (Å²) in [7, 11) is -7.01. The van der Waals surface area contributed by atoms with Gasteiger partial charge in [0.15, 0.2) is 12.1 Å². The van der Waals surface area contributed by atoms with Gasteiger partial charge in [-0.3, -0.25) is 29.0 Å². The number of aryl methyl sites for hydroxylation is 2. The molecule has 4 aliphatic rings. The molecule has 18 nitrogen and oxygen atoms in total. The maximum Gasteiger partial charge on any atom is 0.276 e. The van der Waals surface area contributed by atoms with E-state index in [1.807, 2.05) is 40.8 Å². The molecule has 478 valence electrons. The lowest BCUT2D eigenvalue weighted by molar-refractivity contribution is -0.120. The second-order valence-electron chi connectivity index (χ2n) is 24.1. The number of hydrogen-bond acceptors (Lipinski definition) is 13. The van der Waals surface area contributed by atoms with Crippen LogP contribution >= 0.6 is 34.8 Å². The highest BCUT2D eigenvalue weighted by Gasteiger charge is 2.29. The Balaban J connectivity index is 0.000000155. The number of sulfonamides is 2. The van der Waals surface area contributed by atoms with E-state index in [0.29, 0.717) is 44.1 Å². The number of pyridine rings is 3. The minimum absolute atomic E-state index is 0.139. The number of hydrazine groups is 1. The molecule has 12 rings (SSSR count). The largest absolute Gasteiger partial charge is 0.387 e. The Morgan fingerprint density at radius 1 is 0.596 bits per heavy atom. The third kappa shape index (κ3) is 20.6. The van der Waals surface area contributed by atoms with Gasteiger partial charge in [-0.2, -0.15) is 18.4 Å². The number of carbonyl (C=O) groups excluding carboxylic acids is 3. The summed E-state index contributed by atoms with van der Waals surface area (Å²) in [6.45, 7) is 12.8. The van der Waals surface area contributed by atoms with E-state index in [-0.39, 0.29) is 21.5 Å². The topological polar surface area (TPSA) is 254 Å². The van der Waals surface area contributed by atoms with Crippen LogP contribution in [0.2, 0.25) is 15.1 Å². The molecule has 0 aliphatic heterocycles. The number of nitrogens with zero attached hydrogens (tertiary/aromatic N) is 7. The van der Waals surface area contributed by atoms with Gasteiger partial charge in [0.2, 0.25) is 0 Å². The second kappa shape index (κ2) is 33.1. The van der Waals surface area contributed by atoms with E-state index < -0.39 is 26.2 Å². The Morgan fingerprint density at radius 3 is 1.53 bits per heavy atom. The molecule has 23 heteroatoms. The number of aliphatic hydroxyl groups excluding tert-OH is 1. The lowest BCUT2D eigenvalue weighted by Crippen LogP contribution is -2.30. The highest BCUT2D eigenvalue weighted by Crippen LogP contribution is 2.38. The molecule has 8 aromatic rings. The summed E-state index contributed by atoms with van der Waals surface area (Å²) in [5.74, 6) is 9.03. The van der Waals surface area contributed by atoms with Crippen molar-refractivity contribution in [2.75, 3.05) is 0 Å². The molecule has 0 amide bonds. The molecule has 1 atom stereocenters. The van der Waals surface area contributed by atoms with E-state index in [9.17, 15) is 36.3 Å². The van der Waals surface area contributed by atoms with E-state index in [0.717, 1.165) is 153 Å². The van der Waals surface area contributed by atoms with E-state index in [2.05, 4.69) is 52.6 Å². The Hall–Kier alpha value is -6.36. The molecule has 5 N–H and O–H groups in total. The number of nitrogens with two attached hydrogens (primary N) is 1. The fraction of sp³-hybridized carbons (Fsp3) is 0.439. The molecule has 0 radical (unpaired) electrons. The third-order valence-corrected chi connectivity index (χ3v) is 20.0. The SMILES string of the molecule is CC1CCC(=O)CC1.CC1CCC(C(=O)c2cc(Cl)cc3cncn23)CC1.CC1CCC(C(O)c2cc(Cl)cc3cncn23)CC1.Cc1ccc(S(=O)(=O)NN)cc1.Cc1ccc(S(=O)(=O)NN=C2CCC(C)CC2)cc1.O=Cc1cc(Cl)cc2cncn12. The summed E-state index contributed by atoms with van der Waals surface area (Å²) in [6.07, 6.45) is 27.2. The average Bonchev–Trinajstić information content (AvgIpc) is 3.16. The van der Waals surface area contributed by atoms with Gasteiger partial charge in [-0.05, 0) is 168 Å². The van der Waals surface area contributed by atoms with Gasteiger partial charge in [0.25, 0.3) is 20.0 Å². The van der Waals surface area contributed by atoms with Gasteiger partial charge >= 0.3 is 0 Å². The number of nitrogens with one attached hydrogen (secondary N) is 2. The minimum atomic E-state index is -3.53. The average molecular weight is 1310 g/mol. The van der Waals surface area contributed by atoms with Crippen LogP contribution in [0.4, 0.5) is 0 Å². The molecule has 6 aromatic heterocycles. The van der Waals surface area contributed by atoms with Crippen molar-refractivity contribution in [2.24, 2.45) is 46.5 Å². The minimum Gasteiger partial charge on any atom is -0.387 e. The third-order valence-electron chi connectivity index (χ3n) is 16.9. The molecule has 0 bridgehead atoms. The molecule has 0 spiro atoms. The Morgan fingerprint density at radius 2 is 1.02 bits per heavy atom. The fourth-order valence-electron chi connectivity index (χ4n) is 11.1. The van der Waals surface area contributed by atoms with Gasteiger partial charge in [0.05, 0.1) is 87.1 Å². The maximum absolute atomic E-state index is 12.7. The highest BCUT2D eigenvalue weighted by molar-refractivity contribution is 7.89. The predicted molar refractivity (Wildman–Crippen MR) is 352 cm³/mol. The van der Waals surface area contributed by atoms with Gasteiger partial charge in [0.1, 0.15) is 5.78 Å². The summed E-state index contributed by atoms with van der Waals surface area (Å²) in [4.78, 5) is 50.5. The quantitative estimate of drug-likeness (QED) is 0.0432. The van der Waals surface area contributed by atoms with Crippen LogP contribution in [0.1, 0.15) is 174 Å². The van der Waals surface area contributed by atoms with Crippen molar-refractivity contribution in [3.8, 4) is 0 Å². The standard InChI is InChI=1S/C15H19ClN2O.C15H17ClN2O.C14H20N2O2S.C8H5ClN2O.C7H10N2O2S.C7H12O/c2*1-10-2-4-11(5-3-10)15(19)14-7-12(16)6-13-8-17-9-18(13)14;1-11-3-7-13(8-4-11)15-16-19(17,18)14-9-5-12(2)6-10-14;9-6-1-7-3-10-5-11(7)8(2-6)4-12;1-6-2-4-7(5-3-6)12(10,11)9-8;1-6-2-4-7(8)5-3-6/h6-11,15,19H,2-5H2,1H3;6-11H,2-5H2,1H3;5-6,9-11,16H,3-4,7-8H2,1-2H3;1-5H;2-5,9H,8H2,1H3;6H,2-5H2,1H3. The highest BCUT2D eigenvalue weighted by atomic mass is 35.5. The lowest BCUT2D eigenvalue weighted by Gasteiger charge is -2.30. The fourth-order valence-corrected chi connectivity index (χ4v) is 13.2. The van der Waals surface area contributed by atoms with Gasteiger partial charge in [0, 0.05) is 39.5 Å². The first-order valence-corrected chi connectivity index (χ1v) is 34.5. The van der Waals surface area contributed by atoms with Crippen LogP contribution in [0, 0.1) is 49.4 Å². The molecule has 6 heterocycles. The van der Waals surface area contributed by atoms with Crippen molar-refractivity contribution in [3.05, 3.63) is 166 Å². The molecule has 89 heavy (non-hydrogen) atoms. The Bertz CT molecular complexity index is 3880. The summed E-state index contributed by atoms with van der Waals surface area (Å²) in [5, 5.41) is 16.5. The van der Waals surface area contributed by atoms with Crippen molar-refractivity contribution in [2.45, 2.75) is 160 Å². The van der Waals surface area contributed by atoms with Crippen molar-refractivity contribution in [1.82, 2.24) is 37.8 Å². The zero-order valence-electron chi connectivity index (χ0n) is 51.4. The molecule has 0 saturated heterocycles. The molecule has 2 aromatic carbocycles. The van der Waals surface area contributed by atoms with Crippen LogP contribution in [-0.4, -0.2) is 73.7 Å². The van der Waals surface area contributed by atoms with Crippen LogP contribution in [0.15, 0.2) is 137 Å². The number of rotatable bonds is 10. The van der Waals surface area contributed by atoms with Gasteiger partial charge in [-0.25, -0.2) is 28.2 Å². The monoisotopic (exact) mass is 1310 g/mol. The normalized spacial score (nSPS) is 19.9. The Labute approximate surface area is 538 Å². The molecule has 1 unspecified atom stereocenters. The molecule has 4 saturated carbocycles. The second-order valence-corrected chi connectivity index (χ2v) is 28.8. The number of benzene rings is 2. The van der Waals surface area contributed by atoms with Crippen molar-refractivity contribution in [3.63, 3.8) is 0 Å². The van der Waals surface area contributed by atoms with Crippen LogP contribution in [0.3, 0.4) is 0 Å². The zero-order valence-corrected chi connectivity index (χ0v) is 55.3. The summed E-state index contributed by atoms with van der Waals surface area (Å²) < 4.78 is 51.7. The van der Waals surface area contributed by atoms with Crippen LogP contribution in [-0.2, 0) is 24.8 Å². The number of imidazole rings is 3. The van der Waals surface area contributed by atoms with Crippen LogP contribution in [0.25, 0.3) is 16.6 Å². The van der Waals surface area contributed by atoms with Crippen LogP contribution < -0.4 is 15.5 Å². The van der Waals surface area contributed by atoms with Crippen LogP contribution in [0.5, 0.6) is 0 Å². The number of Topliss-reactive ketones (excluding diaryl/α,β-unsaturated/α-hetero) is 2. The maximum atomic E-state index is 12.7. The number of aromatic nitrogens is 6. The van der Waals surface area contributed by atoms with E-state index in [1.165, 1.54) is 25.0 Å². The lowest BCUT2D eigenvalue weighted by atomic mass is 9.79. The van der Waals surface area contributed by atoms with E-state index in [4.69, 9.17) is 40.6 Å². The molecular formula is C66H83Cl3N10O8S2. The van der Waals surface area contributed by atoms with Gasteiger partial charge in [-0.15, -0.1) is 0 Å². The predicted octanol–water partition coefficient (Wildman–Crippen LogP) is 14.4. The number of ketones is 2. The van der Waals surface area contributed by atoms with Crippen molar-refractivity contribution in [1.29, 1.82) is 0 Å².